The van der Waals surface area contributed by atoms with Gasteiger partial charge in [-0.2, -0.15) is 5.10 Å². The number of thioether (sulfide) groups is 1. The fourth-order valence-corrected chi connectivity index (χ4v) is 2.76. The minimum atomic E-state index is -0.186. The van der Waals surface area contributed by atoms with Crippen LogP contribution in [0.25, 0.3) is 0 Å². The van der Waals surface area contributed by atoms with Crippen molar-refractivity contribution >= 4 is 11.8 Å². The van der Waals surface area contributed by atoms with E-state index in [0.29, 0.717) is 6.04 Å². The molecule has 1 aromatic heterocycles. The van der Waals surface area contributed by atoms with Gasteiger partial charge in [0.1, 0.15) is 6.33 Å². The lowest BCUT2D eigenvalue weighted by molar-refractivity contribution is 0.156. The predicted octanol–water partition coefficient (Wildman–Crippen LogP) is 1.44. The molecule has 1 unspecified atom stereocenters. The van der Waals surface area contributed by atoms with E-state index in [9.17, 15) is 5.11 Å². The highest BCUT2D eigenvalue weighted by Crippen LogP contribution is 2.19. The van der Waals surface area contributed by atoms with Crippen LogP contribution in [0.5, 0.6) is 0 Å². The second-order valence-electron chi connectivity index (χ2n) is 5.14. The molecule has 0 bridgehead atoms. The number of aryl methyl sites for hydroxylation is 1. The molecule has 1 heterocycles. The monoisotopic (exact) mass is 272 g/mol. The highest BCUT2D eigenvalue weighted by molar-refractivity contribution is 7.99. The van der Waals surface area contributed by atoms with Crippen LogP contribution < -0.4 is 5.32 Å². The third kappa shape index (κ3) is 4.96. The van der Waals surface area contributed by atoms with Gasteiger partial charge in [0, 0.05) is 24.4 Å². The minimum absolute atomic E-state index is 0.166. The van der Waals surface area contributed by atoms with E-state index in [1.54, 1.807) is 22.8 Å². The van der Waals surface area contributed by atoms with E-state index in [1.807, 2.05) is 7.05 Å². The number of nitrogens with one attached hydrogen (secondary N) is 1. The molecule has 0 amide bonds. The Kier molecular flexibility index (Phi) is 6.11. The van der Waals surface area contributed by atoms with Crippen LogP contribution in [0.4, 0.5) is 0 Å². The van der Waals surface area contributed by atoms with Gasteiger partial charge in [0.25, 0.3) is 0 Å². The predicted molar refractivity (Wildman–Crippen MR) is 74.7 cm³/mol. The van der Waals surface area contributed by atoms with Gasteiger partial charge in [-0.05, 0) is 19.8 Å². The summed E-state index contributed by atoms with van der Waals surface area (Å²) in [7, 11) is 1.90. The summed E-state index contributed by atoms with van der Waals surface area (Å²) < 4.78 is 1.78. The Labute approximate surface area is 113 Å². The normalized spacial score (nSPS) is 15.0. The summed E-state index contributed by atoms with van der Waals surface area (Å²) in [6, 6.07) is 0.383. The molecule has 5 nitrogen and oxygen atoms in total. The van der Waals surface area contributed by atoms with Crippen LogP contribution in [0, 0.1) is 0 Å². The lowest BCUT2D eigenvalue weighted by Gasteiger charge is -2.31. The van der Waals surface area contributed by atoms with Gasteiger partial charge in [-0.25, -0.2) is 9.67 Å². The molecule has 1 aromatic rings. The second kappa shape index (κ2) is 7.11. The molecule has 6 heteroatoms. The Hall–Kier alpha value is -0.590. The van der Waals surface area contributed by atoms with E-state index in [4.69, 9.17) is 0 Å². The average molecular weight is 272 g/mol. The van der Waals surface area contributed by atoms with Crippen molar-refractivity contribution in [1.82, 2.24) is 20.1 Å². The van der Waals surface area contributed by atoms with E-state index in [2.05, 4.69) is 36.2 Å². The van der Waals surface area contributed by atoms with Gasteiger partial charge in [0.15, 0.2) is 5.16 Å². The highest BCUT2D eigenvalue weighted by atomic mass is 32.2. The molecular weight excluding hydrogens is 248 g/mol. The SMILES string of the molecule is CC(C)NC(C)(CO)CCCSc1ncnn1C. The van der Waals surface area contributed by atoms with Crippen LogP contribution in [-0.2, 0) is 7.05 Å². The Morgan fingerprint density at radius 3 is 2.78 bits per heavy atom. The average Bonchev–Trinajstić information content (AvgIpc) is 2.70. The first-order valence-electron chi connectivity index (χ1n) is 6.32. The summed E-state index contributed by atoms with van der Waals surface area (Å²) >= 11 is 1.70. The smallest absolute Gasteiger partial charge is 0.185 e. The molecule has 0 spiro atoms. The standard InChI is InChI=1S/C12H24N4OS/c1-10(2)15-12(3,8-17)6-5-7-18-11-13-9-14-16(11)4/h9-10,15,17H,5-8H2,1-4H3. The van der Waals surface area contributed by atoms with Gasteiger partial charge in [-0.15, -0.1) is 0 Å². The lowest BCUT2D eigenvalue weighted by atomic mass is 9.96. The van der Waals surface area contributed by atoms with Crippen LogP contribution in [0.1, 0.15) is 33.6 Å². The molecular formula is C12H24N4OS. The Bertz CT molecular complexity index is 356. The first-order valence-corrected chi connectivity index (χ1v) is 7.31. The first-order chi connectivity index (χ1) is 8.47. The highest BCUT2D eigenvalue weighted by Gasteiger charge is 2.23. The number of rotatable bonds is 8. The molecule has 0 saturated heterocycles. The van der Waals surface area contributed by atoms with E-state index < -0.39 is 0 Å². The number of aromatic nitrogens is 3. The van der Waals surface area contributed by atoms with E-state index >= 15 is 0 Å². The molecule has 0 aromatic carbocycles. The molecule has 1 atom stereocenters. The van der Waals surface area contributed by atoms with Gasteiger partial charge in [0.2, 0.25) is 0 Å². The number of nitrogens with zero attached hydrogens (tertiary/aromatic N) is 3. The Morgan fingerprint density at radius 2 is 2.28 bits per heavy atom. The van der Waals surface area contributed by atoms with Crippen LogP contribution in [-0.4, -0.2) is 43.8 Å². The second-order valence-corrected chi connectivity index (χ2v) is 6.20. The molecule has 0 saturated carbocycles. The van der Waals surface area contributed by atoms with Crippen LogP contribution in [0.15, 0.2) is 11.5 Å². The summed E-state index contributed by atoms with van der Waals surface area (Å²) in [4.78, 5) is 4.17. The summed E-state index contributed by atoms with van der Waals surface area (Å²) in [5.41, 5.74) is -0.186. The number of hydrogen-bond donors (Lipinski definition) is 2. The Morgan fingerprint density at radius 1 is 1.56 bits per heavy atom. The van der Waals surface area contributed by atoms with Crippen LogP contribution in [0.3, 0.4) is 0 Å². The molecule has 0 fully saturated rings. The lowest BCUT2D eigenvalue weighted by Crippen LogP contribution is -2.49. The summed E-state index contributed by atoms with van der Waals surface area (Å²) in [5.74, 6) is 0.988. The van der Waals surface area contributed by atoms with Crippen molar-refractivity contribution in [2.45, 2.75) is 50.4 Å². The topological polar surface area (TPSA) is 63.0 Å². The Balaban J connectivity index is 2.29. The number of aliphatic hydroxyl groups is 1. The molecule has 104 valence electrons. The van der Waals surface area contributed by atoms with Gasteiger partial charge < -0.3 is 10.4 Å². The summed E-state index contributed by atoms with van der Waals surface area (Å²) in [5, 5.41) is 17.9. The number of aliphatic hydroxyl groups excluding tert-OH is 1. The van der Waals surface area contributed by atoms with Gasteiger partial charge in [-0.3, -0.25) is 0 Å². The van der Waals surface area contributed by atoms with Gasteiger partial charge in [-0.1, -0.05) is 25.6 Å². The quantitative estimate of drug-likeness (QED) is 0.554. The fraction of sp³-hybridized carbons (Fsp3) is 0.833. The van der Waals surface area contributed by atoms with E-state index in [1.165, 1.54) is 0 Å². The van der Waals surface area contributed by atoms with Crippen molar-refractivity contribution in [1.29, 1.82) is 0 Å². The molecule has 0 aliphatic carbocycles. The molecule has 18 heavy (non-hydrogen) atoms. The van der Waals surface area contributed by atoms with Crippen molar-refractivity contribution in [2.75, 3.05) is 12.4 Å². The first kappa shape index (κ1) is 15.5. The summed E-state index contributed by atoms with van der Waals surface area (Å²) in [6.07, 6.45) is 3.56. The zero-order valence-electron chi connectivity index (χ0n) is 11.7. The van der Waals surface area contributed by atoms with Crippen molar-refractivity contribution < 1.29 is 5.11 Å². The molecule has 0 radical (unpaired) electrons. The maximum Gasteiger partial charge on any atom is 0.185 e. The fourth-order valence-electron chi connectivity index (χ4n) is 1.94. The maximum absolute atomic E-state index is 9.47. The van der Waals surface area contributed by atoms with Crippen LogP contribution in [0.2, 0.25) is 0 Å². The van der Waals surface area contributed by atoms with Crippen molar-refractivity contribution in [3.8, 4) is 0 Å². The zero-order valence-corrected chi connectivity index (χ0v) is 12.5. The maximum atomic E-state index is 9.47. The number of hydrogen-bond acceptors (Lipinski definition) is 5. The van der Waals surface area contributed by atoms with Crippen molar-refractivity contribution in [3.63, 3.8) is 0 Å². The minimum Gasteiger partial charge on any atom is -0.394 e. The van der Waals surface area contributed by atoms with Gasteiger partial charge >= 0.3 is 0 Å². The molecule has 0 aliphatic heterocycles. The van der Waals surface area contributed by atoms with Crippen molar-refractivity contribution in [3.05, 3.63) is 6.33 Å². The third-order valence-corrected chi connectivity index (χ3v) is 3.88. The summed E-state index contributed by atoms with van der Waals surface area (Å²) in [6.45, 7) is 6.43. The van der Waals surface area contributed by atoms with Crippen LogP contribution >= 0.6 is 11.8 Å². The van der Waals surface area contributed by atoms with E-state index in [-0.39, 0.29) is 12.1 Å². The molecule has 1 rings (SSSR count). The van der Waals surface area contributed by atoms with Crippen molar-refractivity contribution in [2.24, 2.45) is 7.05 Å². The largest absolute Gasteiger partial charge is 0.394 e. The molecule has 0 aliphatic rings. The molecule has 2 N–H and O–H groups in total. The van der Waals surface area contributed by atoms with Gasteiger partial charge in [0.05, 0.1) is 6.61 Å². The zero-order chi connectivity index (χ0) is 13.6. The van der Waals surface area contributed by atoms with E-state index in [0.717, 1.165) is 23.8 Å². The third-order valence-electron chi connectivity index (χ3n) is 2.76.